The molecule has 0 radical (unpaired) electrons. The molecule has 1 fully saturated rings. The van der Waals surface area contributed by atoms with Crippen molar-refractivity contribution in [2.24, 2.45) is 0 Å². The molecule has 0 atom stereocenters. The van der Waals surface area contributed by atoms with Crippen LogP contribution in [0.5, 0.6) is 5.75 Å². The van der Waals surface area contributed by atoms with E-state index >= 15 is 0 Å². The predicted octanol–water partition coefficient (Wildman–Crippen LogP) is 4.37. The summed E-state index contributed by atoms with van der Waals surface area (Å²) in [6.45, 7) is 0.370. The summed E-state index contributed by atoms with van der Waals surface area (Å²) in [6, 6.07) is 13.6. The second kappa shape index (κ2) is 8.25. The van der Waals surface area contributed by atoms with Crippen LogP contribution in [0.4, 0.5) is 0 Å². The molecule has 0 saturated heterocycles. The van der Waals surface area contributed by atoms with Gasteiger partial charge in [-0.05, 0) is 43.2 Å². The fourth-order valence-corrected chi connectivity index (χ4v) is 3.63. The first-order valence-electron chi connectivity index (χ1n) is 9.74. The number of hydrogen-bond acceptors (Lipinski definition) is 3. The summed E-state index contributed by atoms with van der Waals surface area (Å²) >= 11 is 0. The fourth-order valence-electron chi connectivity index (χ4n) is 3.63. The van der Waals surface area contributed by atoms with Crippen LogP contribution in [0.1, 0.15) is 54.6 Å². The van der Waals surface area contributed by atoms with Crippen molar-refractivity contribution < 1.29 is 9.53 Å². The number of carbonyl (C=O) groups is 1. The number of hydrogen-bond donors (Lipinski definition) is 1. The quantitative estimate of drug-likeness (QED) is 0.685. The number of amides is 1. The van der Waals surface area contributed by atoms with E-state index < -0.39 is 0 Å². The number of pyridine rings is 1. The Hall–Kier alpha value is -2.82. The molecule has 0 aliphatic heterocycles. The van der Waals surface area contributed by atoms with Crippen molar-refractivity contribution in [3.8, 4) is 5.75 Å². The third kappa shape index (κ3) is 4.48. The highest BCUT2D eigenvalue weighted by Gasteiger charge is 2.16. The highest BCUT2D eigenvalue weighted by molar-refractivity contribution is 5.94. The summed E-state index contributed by atoms with van der Waals surface area (Å²) in [6.07, 6.45) is 11.0. The molecule has 1 saturated carbocycles. The molecule has 0 unspecified atom stereocenters. The van der Waals surface area contributed by atoms with E-state index in [1.807, 2.05) is 59.3 Å². The van der Waals surface area contributed by atoms with Crippen LogP contribution in [0.25, 0.3) is 5.65 Å². The predicted molar refractivity (Wildman–Crippen MR) is 105 cm³/mol. The first-order valence-corrected chi connectivity index (χ1v) is 9.74. The second-order valence-corrected chi connectivity index (χ2v) is 7.18. The highest BCUT2D eigenvalue weighted by atomic mass is 16.5. The lowest BCUT2D eigenvalue weighted by atomic mass is 10.1. The first-order chi connectivity index (χ1) is 13.3. The smallest absolute Gasteiger partial charge is 0.251 e. The van der Waals surface area contributed by atoms with Crippen molar-refractivity contribution >= 4 is 11.6 Å². The Morgan fingerprint density at radius 1 is 1.11 bits per heavy atom. The summed E-state index contributed by atoms with van der Waals surface area (Å²) in [7, 11) is 0. The summed E-state index contributed by atoms with van der Waals surface area (Å²) in [4.78, 5) is 17.1. The molecule has 5 heteroatoms. The standard InChI is InChI=1S/C22H25N3O2/c26-22(24-18-9-3-1-2-4-10-18)17-8-7-11-20(14-17)27-16-19-15-25-13-6-5-12-21(25)23-19/h5-8,11-15,18H,1-4,9-10,16H2,(H,24,26). The molecule has 5 nitrogen and oxygen atoms in total. The molecule has 3 aromatic rings. The van der Waals surface area contributed by atoms with Gasteiger partial charge in [-0.25, -0.2) is 4.98 Å². The average molecular weight is 363 g/mol. The second-order valence-electron chi connectivity index (χ2n) is 7.18. The lowest BCUT2D eigenvalue weighted by molar-refractivity contribution is 0.0933. The zero-order chi connectivity index (χ0) is 18.5. The van der Waals surface area contributed by atoms with Crippen molar-refractivity contribution in [1.82, 2.24) is 14.7 Å². The van der Waals surface area contributed by atoms with Crippen LogP contribution in [-0.2, 0) is 6.61 Å². The topological polar surface area (TPSA) is 55.6 Å². The molecule has 0 bridgehead atoms. The number of benzene rings is 1. The minimum atomic E-state index is -0.0138. The van der Waals surface area contributed by atoms with Crippen molar-refractivity contribution in [2.45, 2.75) is 51.2 Å². The van der Waals surface area contributed by atoms with E-state index in [0.29, 0.717) is 24.0 Å². The Labute approximate surface area is 159 Å². The molecule has 4 rings (SSSR count). The van der Waals surface area contributed by atoms with E-state index in [1.54, 1.807) is 0 Å². The van der Waals surface area contributed by atoms with E-state index in [2.05, 4.69) is 10.3 Å². The van der Waals surface area contributed by atoms with E-state index in [9.17, 15) is 4.79 Å². The Bertz CT molecular complexity index is 878. The maximum absolute atomic E-state index is 12.6. The SMILES string of the molecule is O=C(NC1CCCCCC1)c1cccc(OCc2cn3ccccc3n2)c1. The van der Waals surface area contributed by atoms with Crippen molar-refractivity contribution in [2.75, 3.05) is 0 Å². The molecule has 1 aliphatic carbocycles. The van der Waals surface area contributed by atoms with Gasteiger partial charge in [0.15, 0.2) is 0 Å². The summed E-state index contributed by atoms with van der Waals surface area (Å²) in [5.74, 6) is 0.667. The van der Waals surface area contributed by atoms with Gasteiger partial charge >= 0.3 is 0 Å². The van der Waals surface area contributed by atoms with Gasteiger partial charge in [0.05, 0.1) is 5.69 Å². The lowest BCUT2D eigenvalue weighted by Gasteiger charge is -2.16. The minimum Gasteiger partial charge on any atom is -0.487 e. The molecular formula is C22H25N3O2. The Morgan fingerprint density at radius 2 is 1.96 bits per heavy atom. The van der Waals surface area contributed by atoms with Gasteiger partial charge in [-0.15, -0.1) is 0 Å². The molecular weight excluding hydrogens is 338 g/mol. The van der Waals surface area contributed by atoms with Gasteiger partial charge in [0, 0.05) is 24.0 Å². The molecule has 1 aliphatic rings. The molecule has 140 valence electrons. The lowest BCUT2D eigenvalue weighted by Crippen LogP contribution is -2.34. The maximum atomic E-state index is 12.6. The van der Waals surface area contributed by atoms with Gasteiger partial charge in [0.25, 0.3) is 5.91 Å². The summed E-state index contributed by atoms with van der Waals surface area (Å²) in [5, 5.41) is 3.18. The van der Waals surface area contributed by atoms with Crippen molar-refractivity contribution in [1.29, 1.82) is 0 Å². The van der Waals surface area contributed by atoms with Gasteiger partial charge < -0.3 is 14.5 Å². The van der Waals surface area contributed by atoms with Crippen molar-refractivity contribution in [3.05, 3.63) is 66.1 Å². The van der Waals surface area contributed by atoms with Crippen LogP contribution < -0.4 is 10.1 Å². The van der Waals surface area contributed by atoms with E-state index in [4.69, 9.17) is 4.74 Å². The molecule has 2 aromatic heterocycles. The Kier molecular flexibility index (Phi) is 5.37. The van der Waals surface area contributed by atoms with E-state index in [-0.39, 0.29) is 5.91 Å². The third-order valence-electron chi connectivity index (χ3n) is 5.09. The highest BCUT2D eigenvalue weighted by Crippen LogP contribution is 2.19. The number of aromatic nitrogens is 2. The number of fused-ring (bicyclic) bond motifs is 1. The van der Waals surface area contributed by atoms with Gasteiger partial charge in [0.1, 0.15) is 18.0 Å². The van der Waals surface area contributed by atoms with Gasteiger partial charge in [-0.2, -0.15) is 0 Å². The van der Waals surface area contributed by atoms with Crippen LogP contribution in [-0.4, -0.2) is 21.3 Å². The van der Waals surface area contributed by atoms with Crippen LogP contribution in [0, 0.1) is 0 Å². The van der Waals surface area contributed by atoms with E-state index in [1.165, 1.54) is 25.7 Å². The number of nitrogens with one attached hydrogen (secondary N) is 1. The van der Waals surface area contributed by atoms with Crippen LogP contribution >= 0.6 is 0 Å². The van der Waals surface area contributed by atoms with Crippen LogP contribution in [0.2, 0.25) is 0 Å². The Morgan fingerprint density at radius 3 is 2.78 bits per heavy atom. The molecule has 0 spiro atoms. The summed E-state index contributed by atoms with van der Waals surface area (Å²) in [5.41, 5.74) is 2.40. The van der Waals surface area contributed by atoms with Crippen molar-refractivity contribution in [3.63, 3.8) is 0 Å². The van der Waals surface area contributed by atoms with Crippen LogP contribution in [0.15, 0.2) is 54.9 Å². The number of rotatable bonds is 5. The zero-order valence-electron chi connectivity index (χ0n) is 15.4. The van der Waals surface area contributed by atoms with Crippen LogP contribution in [0.3, 0.4) is 0 Å². The molecule has 1 N–H and O–H groups in total. The molecule has 27 heavy (non-hydrogen) atoms. The largest absolute Gasteiger partial charge is 0.487 e. The Balaban J connectivity index is 1.38. The average Bonchev–Trinajstić information content (AvgIpc) is 2.95. The van der Waals surface area contributed by atoms with Gasteiger partial charge in [-0.1, -0.05) is 37.8 Å². The zero-order valence-corrected chi connectivity index (χ0v) is 15.4. The number of nitrogens with zero attached hydrogens (tertiary/aromatic N) is 2. The molecule has 1 aromatic carbocycles. The van der Waals surface area contributed by atoms with Gasteiger partial charge in [-0.3, -0.25) is 4.79 Å². The maximum Gasteiger partial charge on any atom is 0.251 e. The molecule has 2 heterocycles. The number of ether oxygens (including phenoxy) is 1. The number of carbonyl (C=O) groups excluding carboxylic acids is 1. The first kappa shape index (κ1) is 17.6. The minimum absolute atomic E-state index is 0.0138. The normalized spacial score (nSPS) is 15.4. The monoisotopic (exact) mass is 363 g/mol. The fraction of sp³-hybridized carbons (Fsp3) is 0.364. The third-order valence-corrected chi connectivity index (χ3v) is 5.09. The number of imidazole rings is 1. The van der Waals surface area contributed by atoms with E-state index in [0.717, 1.165) is 24.2 Å². The summed E-state index contributed by atoms with van der Waals surface area (Å²) < 4.78 is 7.83. The van der Waals surface area contributed by atoms with Gasteiger partial charge in [0.2, 0.25) is 0 Å². The molecule has 1 amide bonds.